The number of nitrogens with zero attached hydrogens (tertiary/aromatic N) is 2. The zero-order chi connectivity index (χ0) is 29.9. The fraction of sp³-hybridized carbons (Fsp3) is 0.364. The van der Waals surface area contributed by atoms with Gasteiger partial charge in [-0.15, -0.1) is 0 Å². The molecule has 0 saturated carbocycles. The van der Waals surface area contributed by atoms with E-state index in [1.807, 2.05) is 43.8 Å². The number of aliphatic hydroxyl groups is 1. The van der Waals surface area contributed by atoms with E-state index in [0.29, 0.717) is 30.4 Å². The molecular formula is C33H37N3O7. The Morgan fingerprint density at radius 3 is 2.74 bits per heavy atom. The summed E-state index contributed by atoms with van der Waals surface area (Å²) in [6.07, 6.45) is 6.90. The molecule has 226 valence electrons. The maximum Gasteiger partial charge on any atom is 0.160 e. The SMILES string of the molecule is CNCO[C@@H]1Cc2c(cc(OCCO)c3c2[C@@H](CCn2ccnc2)Cc2cc(O)ccc2-3)O[C@@H]1c1ccc(O)c(OC)c1. The van der Waals surface area contributed by atoms with Crippen LogP contribution >= 0.6 is 0 Å². The third-order valence-electron chi connectivity index (χ3n) is 8.25. The molecule has 10 nitrogen and oxygen atoms in total. The van der Waals surface area contributed by atoms with Crippen LogP contribution in [-0.4, -0.2) is 65.1 Å². The van der Waals surface area contributed by atoms with E-state index in [4.69, 9.17) is 18.9 Å². The van der Waals surface area contributed by atoms with Crippen LogP contribution in [0.25, 0.3) is 11.1 Å². The monoisotopic (exact) mass is 587 g/mol. The number of imidazole rings is 1. The maximum absolute atomic E-state index is 10.4. The first-order valence-corrected chi connectivity index (χ1v) is 14.5. The highest BCUT2D eigenvalue weighted by molar-refractivity contribution is 5.83. The molecule has 4 N–H and O–H groups in total. The molecule has 3 aromatic carbocycles. The third kappa shape index (κ3) is 5.73. The Hall–Kier alpha value is -4.25. The van der Waals surface area contributed by atoms with Crippen molar-refractivity contribution in [1.29, 1.82) is 0 Å². The second kappa shape index (κ2) is 12.5. The molecule has 0 spiro atoms. The van der Waals surface area contributed by atoms with Gasteiger partial charge in [-0.2, -0.15) is 0 Å². The largest absolute Gasteiger partial charge is 0.508 e. The number of aromatic nitrogens is 2. The summed E-state index contributed by atoms with van der Waals surface area (Å²) in [7, 11) is 3.35. The normalized spacial score (nSPS) is 18.7. The van der Waals surface area contributed by atoms with Gasteiger partial charge in [-0.25, -0.2) is 4.98 Å². The Morgan fingerprint density at radius 1 is 1.09 bits per heavy atom. The van der Waals surface area contributed by atoms with Gasteiger partial charge in [-0.1, -0.05) is 12.1 Å². The van der Waals surface area contributed by atoms with Crippen LogP contribution in [0.2, 0.25) is 0 Å². The number of aryl methyl sites for hydroxylation is 1. The van der Waals surface area contributed by atoms with Gasteiger partial charge in [-0.3, -0.25) is 5.32 Å². The molecule has 10 heteroatoms. The van der Waals surface area contributed by atoms with Crippen LogP contribution in [0.15, 0.2) is 61.2 Å². The second-order valence-corrected chi connectivity index (χ2v) is 10.9. The summed E-state index contributed by atoms with van der Waals surface area (Å²) in [5.74, 6) is 2.05. The van der Waals surface area contributed by atoms with Crippen molar-refractivity contribution in [2.24, 2.45) is 0 Å². The molecule has 0 amide bonds. The summed E-state index contributed by atoms with van der Waals surface area (Å²) in [6, 6.07) is 12.6. The molecule has 43 heavy (non-hydrogen) atoms. The lowest BCUT2D eigenvalue weighted by Gasteiger charge is -2.39. The third-order valence-corrected chi connectivity index (χ3v) is 8.25. The van der Waals surface area contributed by atoms with E-state index in [-0.39, 0.29) is 36.7 Å². The fourth-order valence-corrected chi connectivity index (χ4v) is 6.35. The minimum Gasteiger partial charge on any atom is -0.508 e. The first-order valence-electron chi connectivity index (χ1n) is 14.5. The quantitative estimate of drug-likeness (QED) is 0.190. The van der Waals surface area contributed by atoms with Crippen LogP contribution in [0.1, 0.15) is 40.7 Å². The summed E-state index contributed by atoms with van der Waals surface area (Å²) in [4.78, 5) is 4.21. The number of aliphatic hydroxyl groups excluding tert-OH is 1. The highest BCUT2D eigenvalue weighted by Gasteiger charge is 2.39. The summed E-state index contributed by atoms with van der Waals surface area (Å²) in [5.41, 5.74) is 6.03. The number of benzene rings is 3. The fourth-order valence-electron chi connectivity index (χ4n) is 6.35. The van der Waals surface area contributed by atoms with Crippen molar-refractivity contribution in [2.45, 2.75) is 43.9 Å². The molecule has 2 heterocycles. The average Bonchev–Trinajstić information content (AvgIpc) is 3.55. The predicted molar refractivity (Wildman–Crippen MR) is 160 cm³/mol. The van der Waals surface area contributed by atoms with Crippen LogP contribution < -0.4 is 19.5 Å². The lowest BCUT2D eigenvalue weighted by molar-refractivity contribution is -0.0429. The Balaban J connectivity index is 1.50. The number of phenols is 2. The van der Waals surface area contributed by atoms with Gasteiger partial charge in [0.1, 0.15) is 30.0 Å². The standard InChI is InChI=1S/C33H37N3O7/c1-34-19-42-30-16-25-27(43-33(30)21-3-6-26(39)28(15-21)40-2)17-29(41-12-11-37)32-24-5-4-23(38)14-22(24)13-20(31(25)32)7-9-36-10-8-35-18-36/h3-6,8,10,14-15,17-18,20,30,33-34,37-39H,7,9,11-13,16,19H2,1-2H3/t20-,30+,33+/m0/s1. The number of rotatable bonds is 11. The molecule has 6 rings (SSSR count). The Bertz CT molecular complexity index is 1570. The number of hydrogen-bond donors (Lipinski definition) is 4. The van der Waals surface area contributed by atoms with Crippen molar-refractivity contribution in [2.75, 3.05) is 34.1 Å². The smallest absolute Gasteiger partial charge is 0.160 e. The molecule has 2 aliphatic rings. The maximum atomic E-state index is 10.4. The van der Waals surface area contributed by atoms with Crippen molar-refractivity contribution in [3.63, 3.8) is 0 Å². The van der Waals surface area contributed by atoms with E-state index in [2.05, 4.69) is 14.9 Å². The molecule has 1 aromatic heterocycles. The van der Waals surface area contributed by atoms with Gasteiger partial charge in [0.15, 0.2) is 17.6 Å². The molecule has 1 aliphatic carbocycles. The Morgan fingerprint density at radius 2 is 1.98 bits per heavy atom. The van der Waals surface area contributed by atoms with Crippen LogP contribution in [-0.2, 0) is 24.1 Å². The zero-order valence-corrected chi connectivity index (χ0v) is 24.3. The summed E-state index contributed by atoms with van der Waals surface area (Å²) >= 11 is 0. The number of methoxy groups -OCH3 is 1. The highest BCUT2D eigenvalue weighted by atomic mass is 16.6. The number of nitrogens with one attached hydrogen (secondary N) is 1. The average molecular weight is 588 g/mol. The molecule has 0 unspecified atom stereocenters. The number of hydrogen-bond acceptors (Lipinski definition) is 9. The molecule has 0 fully saturated rings. The van der Waals surface area contributed by atoms with E-state index < -0.39 is 6.10 Å². The van der Waals surface area contributed by atoms with Gasteiger partial charge < -0.3 is 38.8 Å². The highest BCUT2D eigenvalue weighted by Crippen LogP contribution is 2.53. The molecule has 1 aliphatic heterocycles. The van der Waals surface area contributed by atoms with Crippen LogP contribution in [0.3, 0.4) is 0 Å². The Kier molecular flexibility index (Phi) is 8.42. The summed E-state index contributed by atoms with van der Waals surface area (Å²) < 4.78 is 26.8. The number of phenolic OH excluding ortho intramolecular Hbond substituents is 2. The van der Waals surface area contributed by atoms with E-state index >= 15 is 0 Å². The first-order chi connectivity index (χ1) is 21.0. The minimum atomic E-state index is -0.476. The van der Waals surface area contributed by atoms with Crippen molar-refractivity contribution in [1.82, 2.24) is 14.9 Å². The van der Waals surface area contributed by atoms with E-state index in [1.54, 1.807) is 24.4 Å². The van der Waals surface area contributed by atoms with Gasteiger partial charge in [0.05, 0.1) is 26.8 Å². The minimum absolute atomic E-state index is 0.0503. The molecule has 4 aromatic rings. The molecule has 0 radical (unpaired) electrons. The zero-order valence-electron chi connectivity index (χ0n) is 24.3. The van der Waals surface area contributed by atoms with Gasteiger partial charge in [0, 0.05) is 42.6 Å². The molecule has 0 bridgehead atoms. The van der Waals surface area contributed by atoms with Gasteiger partial charge >= 0.3 is 0 Å². The second-order valence-electron chi connectivity index (χ2n) is 10.9. The lowest BCUT2D eigenvalue weighted by atomic mass is 9.73. The molecule has 3 atom stereocenters. The van der Waals surface area contributed by atoms with Crippen molar-refractivity contribution >= 4 is 0 Å². The van der Waals surface area contributed by atoms with Crippen molar-refractivity contribution < 1.29 is 34.3 Å². The predicted octanol–water partition coefficient (Wildman–Crippen LogP) is 4.31. The van der Waals surface area contributed by atoms with Crippen LogP contribution in [0, 0.1) is 0 Å². The number of fused-ring (bicyclic) bond motifs is 5. The van der Waals surface area contributed by atoms with E-state index in [0.717, 1.165) is 52.8 Å². The summed E-state index contributed by atoms with van der Waals surface area (Å²) in [5, 5.41) is 33.4. The molecular weight excluding hydrogens is 550 g/mol. The molecule has 0 saturated heterocycles. The number of aromatic hydroxyl groups is 2. The van der Waals surface area contributed by atoms with Gasteiger partial charge in [0.25, 0.3) is 0 Å². The van der Waals surface area contributed by atoms with Crippen LogP contribution in [0.5, 0.6) is 28.7 Å². The first kappa shape index (κ1) is 28.9. The summed E-state index contributed by atoms with van der Waals surface area (Å²) in [6.45, 7) is 1.10. The van der Waals surface area contributed by atoms with Gasteiger partial charge in [0.2, 0.25) is 0 Å². The lowest BCUT2D eigenvalue weighted by Crippen LogP contribution is -2.36. The number of ether oxygens (including phenoxy) is 4. The van der Waals surface area contributed by atoms with Crippen molar-refractivity contribution in [3.05, 3.63) is 83.4 Å². The van der Waals surface area contributed by atoms with Gasteiger partial charge in [-0.05, 0) is 72.3 Å². The van der Waals surface area contributed by atoms with E-state index in [1.165, 1.54) is 7.11 Å². The van der Waals surface area contributed by atoms with E-state index in [9.17, 15) is 15.3 Å². The topological polar surface area (TPSA) is 127 Å². The van der Waals surface area contributed by atoms with Crippen LogP contribution in [0.4, 0.5) is 0 Å². The van der Waals surface area contributed by atoms with Crippen molar-refractivity contribution in [3.8, 4) is 39.9 Å². The Labute approximate surface area is 250 Å².